The van der Waals surface area contributed by atoms with Gasteiger partial charge in [-0.3, -0.25) is 9.05 Å². The first kappa shape index (κ1) is 12.2. The Hall–Kier alpha value is 0.0800. The zero-order valence-electron chi connectivity index (χ0n) is 8.58. The predicted molar refractivity (Wildman–Crippen MR) is 52.9 cm³/mol. The molecule has 0 N–H and O–H groups in total. The number of halogens is 1. The number of rotatable bonds is 5. The topological polar surface area (TPSA) is 35.5 Å². The summed E-state index contributed by atoms with van der Waals surface area (Å²) >= 11 is 0. The molecule has 0 aromatic heterocycles. The van der Waals surface area contributed by atoms with E-state index >= 15 is 0 Å². The first-order chi connectivity index (χ1) is 6.64. The van der Waals surface area contributed by atoms with Gasteiger partial charge in [0.25, 0.3) is 0 Å². The van der Waals surface area contributed by atoms with Crippen LogP contribution in [0.4, 0.5) is 4.20 Å². The molecule has 0 spiro atoms. The molecule has 1 saturated carbocycles. The van der Waals surface area contributed by atoms with Gasteiger partial charge >= 0.3 is 7.91 Å². The van der Waals surface area contributed by atoms with Gasteiger partial charge in [0.05, 0.1) is 12.7 Å². The van der Waals surface area contributed by atoms with E-state index in [1.807, 2.05) is 6.92 Å². The Balaban J connectivity index is 2.29. The molecular weight excluding hydrogens is 206 g/mol. The molecule has 0 radical (unpaired) electrons. The summed E-state index contributed by atoms with van der Waals surface area (Å²) in [6.07, 6.45) is 5.23. The lowest BCUT2D eigenvalue weighted by Gasteiger charge is -2.22. The molecule has 14 heavy (non-hydrogen) atoms. The van der Waals surface area contributed by atoms with E-state index in [4.69, 9.17) is 4.52 Å². The summed E-state index contributed by atoms with van der Waals surface area (Å²) in [6.45, 7) is 1.99. The van der Waals surface area contributed by atoms with Crippen LogP contribution in [0.1, 0.15) is 45.4 Å². The summed E-state index contributed by atoms with van der Waals surface area (Å²) in [6, 6.07) is 0. The van der Waals surface area contributed by atoms with Crippen LogP contribution in [0.25, 0.3) is 0 Å². The molecule has 0 aromatic carbocycles. The third kappa shape index (κ3) is 4.54. The van der Waals surface area contributed by atoms with Gasteiger partial charge < -0.3 is 0 Å². The first-order valence-corrected chi connectivity index (χ1v) is 6.70. The Morgan fingerprint density at radius 1 is 1.36 bits per heavy atom. The van der Waals surface area contributed by atoms with Crippen molar-refractivity contribution >= 4 is 7.91 Å². The molecule has 3 nitrogen and oxygen atoms in total. The van der Waals surface area contributed by atoms with Gasteiger partial charge in [0.15, 0.2) is 0 Å². The zero-order chi connectivity index (χ0) is 10.4. The Bertz CT molecular complexity index is 204. The first-order valence-electron chi connectivity index (χ1n) is 5.26. The van der Waals surface area contributed by atoms with E-state index in [9.17, 15) is 8.76 Å². The molecule has 0 aliphatic heterocycles. The molecule has 0 heterocycles. The predicted octanol–water partition coefficient (Wildman–Crippen LogP) is 3.84. The highest BCUT2D eigenvalue weighted by Crippen LogP contribution is 2.52. The lowest BCUT2D eigenvalue weighted by Crippen LogP contribution is -2.15. The minimum atomic E-state index is -4.28. The average Bonchev–Trinajstić information content (AvgIpc) is 2.16. The summed E-state index contributed by atoms with van der Waals surface area (Å²) in [5.41, 5.74) is 0. The van der Waals surface area contributed by atoms with E-state index < -0.39 is 7.91 Å². The van der Waals surface area contributed by atoms with Gasteiger partial charge in [-0.15, -0.1) is 4.20 Å². The van der Waals surface area contributed by atoms with Crippen LogP contribution in [0.15, 0.2) is 0 Å². The van der Waals surface area contributed by atoms with Crippen molar-refractivity contribution in [1.29, 1.82) is 0 Å². The third-order valence-electron chi connectivity index (χ3n) is 2.28. The maximum atomic E-state index is 13.2. The molecular formula is C9H18FO3P. The highest BCUT2D eigenvalue weighted by molar-refractivity contribution is 7.48. The van der Waals surface area contributed by atoms with Crippen molar-refractivity contribution in [2.75, 3.05) is 6.61 Å². The average molecular weight is 224 g/mol. The van der Waals surface area contributed by atoms with Crippen molar-refractivity contribution in [3.63, 3.8) is 0 Å². The quantitative estimate of drug-likeness (QED) is 0.665. The van der Waals surface area contributed by atoms with Gasteiger partial charge in [-0.25, -0.2) is 4.57 Å². The monoisotopic (exact) mass is 224 g/mol. The summed E-state index contributed by atoms with van der Waals surface area (Å²) in [7, 11) is -4.28. The minimum absolute atomic E-state index is 0.153. The van der Waals surface area contributed by atoms with E-state index in [2.05, 4.69) is 4.52 Å². The maximum Gasteiger partial charge on any atom is 0.513 e. The lowest BCUT2D eigenvalue weighted by molar-refractivity contribution is 0.0981. The Labute approximate surface area is 84.6 Å². The molecule has 1 rings (SSSR count). The standard InChI is InChI=1S/C9H18FO3P/c1-2-8-12-14(10,11)13-9-6-4-3-5-7-9/h9H,2-8H2,1H3. The summed E-state index contributed by atoms with van der Waals surface area (Å²) in [4.78, 5) is 0. The van der Waals surface area contributed by atoms with Crippen molar-refractivity contribution in [1.82, 2.24) is 0 Å². The van der Waals surface area contributed by atoms with Crippen molar-refractivity contribution < 1.29 is 17.8 Å². The van der Waals surface area contributed by atoms with Crippen molar-refractivity contribution in [2.45, 2.75) is 51.6 Å². The van der Waals surface area contributed by atoms with Gasteiger partial charge in [0.1, 0.15) is 0 Å². The van der Waals surface area contributed by atoms with Crippen LogP contribution in [-0.2, 0) is 13.6 Å². The zero-order valence-corrected chi connectivity index (χ0v) is 9.47. The van der Waals surface area contributed by atoms with E-state index in [0.717, 1.165) is 32.1 Å². The SMILES string of the molecule is CCCOP(=O)(F)OC1CCCCC1. The number of hydrogen-bond acceptors (Lipinski definition) is 3. The molecule has 0 amide bonds. The molecule has 1 atom stereocenters. The Morgan fingerprint density at radius 2 is 2.00 bits per heavy atom. The summed E-state index contributed by atoms with van der Waals surface area (Å²) < 4.78 is 33.7. The fourth-order valence-corrected chi connectivity index (χ4v) is 2.61. The highest BCUT2D eigenvalue weighted by atomic mass is 31.2. The molecule has 1 fully saturated rings. The van der Waals surface area contributed by atoms with Crippen molar-refractivity contribution in [2.24, 2.45) is 0 Å². The summed E-state index contributed by atoms with van der Waals surface area (Å²) in [5.74, 6) is 0. The molecule has 0 bridgehead atoms. The van der Waals surface area contributed by atoms with Crippen LogP contribution in [0, 0.1) is 0 Å². The van der Waals surface area contributed by atoms with Crippen LogP contribution in [-0.4, -0.2) is 12.7 Å². The Kier molecular flexibility index (Phi) is 5.07. The molecule has 1 unspecified atom stereocenters. The molecule has 0 saturated heterocycles. The van der Waals surface area contributed by atoms with Crippen LogP contribution in [0.3, 0.4) is 0 Å². The van der Waals surface area contributed by atoms with E-state index in [1.165, 1.54) is 0 Å². The van der Waals surface area contributed by atoms with Crippen molar-refractivity contribution in [3.05, 3.63) is 0 Å². The molecule has 5 heteroatoms. The Morgan fingerprint density at radius 3 is 2.57 bits per heavy atom. The van der Waals surface area contributed by atoms with Crippen LogP contribution in [0.2, 0.25) is 0 Å². The molecule has 1 aliphatic carbocycles. The van der Waals surface area contributed by atoms with Gasteiger partial charge in [0, 0.05) is 0 Å². The second-order valence-electron chi connectivity index (χ2n) is 3.63. The van der Waals surface area contributed by atoms with Crippen LogP contribution in [0.5, 0.6) is 0 Å². The van der Waals surface area contributed by atoms with Gasteiger partial charge in [-0.2, -0.15) is 0 Å². The van der Waals surface area contributed by atoms with Crippen LogP contribution < -0.4 is 0 Å². The highest BCUT2D eigenvalue weighted by Gasteiger charge is 2.29. The smallest absolute Gasteiger partial charge is 0.284 e. The minimum Gasteiger partial charge on any atom is -0.284 e. The van der Waals surface area contributed by atoms with Gasteiger partial charge in [-0.1, -0.05) is 26.2 Å². The van der Waals surface area contributed by atoms with Gasteiger partial charge in [-0.05, 0) is 19.3 Å². The lowest BCUT2D eigenvalue weighted by atomic mass is 9.98. The fraction of sp³-hybridized carbons (Fsp3) is 1.00. The second-order valence-corrected chi connectivity index (χ2v) is 4.96. The van der Waals surface area contributed by atoms with Crippen LogP contribution >= 0.6 is 7.91 Å². The normalized spacial score (nSPS) is 23.3. The maximum absolute atomic E-state index is 13.2. The van der Waals surface area contributed by atoms with E-state index in [-0.39, 0.29) is 12.7 Å². The summed E-state index contributed by atoms with van der Waals surface area (Å²) in [5, 5.41) is 0. The second kappa shape index (κ2) is 5.84. The van der Waals surface area contributed by atoms with E-state index in [0.29, 0.717) is 6.42 Å². The van der Waals surface area contributed by atoms with Crippen molar-refractivity contribution in [3.8, 4) is 0 Å². The fourth-order valence-electron chi connectivity index (χ4n) is 1.58. The van der Waals surface area contributed by atoms with Gasteiger partial charge in [0.2, 0.25) is 0 Å². The largest absolute Gasteiger partial charge is 0.513 e. The van der Waals surface area contributed by atoms with E-state index in [1.54, 1.807) is 0 Å². The third-order valence-corrected chi connectivity index (χ3v) is 3.32. The molecule has 0 aromatic rings. The molecule has 1 aliphatic rings. The molecule has 84 valence electrons. The number of hydrogen-bond donors (Lipinski definition) is 0.